The van der Waals surface area contributed by atoms with Crippen LogP contribution in [0.15, 0.2) is 23.1 Å². The van der Waals surface area contributed by atoms with Gasteiger partial charge in [-0.3, -0.25) is 4.79 Å². The molecule has 0 radical (unpaired) electrons. The molecule has 1 aromatic rings. The molecular formula is C11H11NO5S. The summed E-state index contributed by atoms with van der Waals surface area (Å²) in [6.45, 7) is 1.49. The number of sulfone groups is 1. The summed E-state index contributed by atoms with van der Waals surface area (Å²) in [5, 5.41) is 11.4. The first kappa shape index (κ1) is 12.6. The van der Waals surface area contributed by atoms with Crippen molar-refractivity contribution in [2.75, 3.05) is 11.1 Å². The predicted octanol–water partition coefficient (Wildman–Crippen LogP) is 0.747. The number of hydrogen-bond donors (Lipinski definition) is 2. The fourth-order valence-electron chi connectivity index (χ4n) is 1.84. The van der Waals surface area contributed by atoms with Gasteiger partial charge >= 0.3 is 5.97 Å². The Labute approximate surface area is 104 Å². The number of aromatic carboxylic acids is 1. The molecule has 0 bridgehead atoms. The summed E-state index contributed by atoms with van der Waals surface area (Å²) in [5.74, 6) is -2.82. The van der Waals surface area contributed by atoms with E-state index in [0.717, 1.165) is 0 Å². The fourth-order valence-corrected chi connectivity index (χ4v) is 3.59. The SMILES string of the molecule is CC1CS(=O)(=O)c2cccc(C(=O)O)c2NC1=O. The Hall–Kier alpha value is -1.89. The number of rotatable bonds is 1. The maximum absolute atomic E-state index is 12.0. The standard InChI is InChI=1S/C11H11NO5S/c1-6-5-18(16,17)8-4-2-3-7(11(14)15)9(8)12-10(6)13/h2-4,6H,5H2,1H3,(H,12,13)(H,14,15). The molecule has 6 nitrogen and oxygen atoms in total. The van der Waals surface area contributed by atoms with Crippen LogP contribution in [0.4, 0.5) is 5.69 Å². The molecule has 0 fully saturated rings. The van der Waals surface area contributed by atoms with Gasteiger partial charge in [0.15, 0.2) is 9.84 Å². The average molecular weight is 269 g/mol. The summed E-state index contributed by atoms with van der Waals surface area (Å²) in [4.78, 5) is 22.6. The van der Waals surface area contributed by atoms with Crippen molar-refractivity contribution in [1.82, 2.24) is 0 Å². The maximum atomic E-state index is 12.0. The molecule has 1 amide bonds. The number of amides is 1. The normalized spacial score (nSPS) is 21.6. The van der Waals surface area contributed by atoms with Crippen molar-refractivity contribution in [3.63, 3.8) is 0 Å². The highest BCUT2D eigenvalue weighted by atomic mass is 32.2. The van der Waals surface area contributed by atoms with Crippen molar-refractivity contribution in [3.8, 4) is 0 Å². The van der Waals surface area contributed by atoms with Gasteiger partial charge in [-0.25, -0.2) is 13.2 Å². The molecule has 0 saturated heterocycles. The summed E-state index contributed by atoms with van der Waals surface area (Å²) >= 11 is 0. The number of carbonyl (C=O) groups excluding carboxylic acids is 1. The van der Waals surface area contributed by atoms with E-state index in [9.17, 15) is 18.0 Å². The third-order valence-corrected chi connectivity index (χ3v) is 4.71. The van der Waals surface area contributed by atoms with Crippen LogP contribution in [0.25, 0.3) is 0 Å². The van der Waals surface area contributed by atoms with E-state index in [4.69, 9.17) is 5.11 Å². The van der Waals surface area contributed by atoms with E-state index >= 15 is 0 Å². The molecule has 0 saturated carbocycles. The number of hydrogen-bond acceptors (Lipinski definition) is 4. The molecule has 18 heavy (non-hydrogen) atoms. The summed E-state index contributed by atoms with van der Waals surface area (Å²) < 4.78 is 24.1. The van der Waals surface area contributed by atoms with Crippen molar-refractivity contribution in [2.45, 2.75) is 11.8 Å². The second-order valence-corrected chi connectivity index (χ2v) is 6.16. The van der Waals surface area contributed by atoms with E-state index in [1.165, 1.54) is 25.1 Å². The van der Waals surface area contributed by atoms with Gasteiger partial charge in [-0.2, -0.15) is 0 Å². The van der Waals surface area contributed by atoms with Crippen LogP contribution in [0, 0.1) is 5.92 Å². The Morgan fingerprint density at radius 2 is 2.11 bits per heavy atom. The largest absolute Gasteiger partial charge is 0.478 e. The third-order valence-electron chi connectivity index (χ3n) is 2.76. The van der Waals surface area contributed by atoms with Crippen molar-refractivity contribution in [3.05, 3.63) is 23.8 Å². The Balaban J connectivity index is 2.75. The average Bonchev–Trinajstić information content (AvgIpc) is 2.35. The molecule has 0 spiro atoms. The smallest absolute Gasteiger partial charge is 0.337 e. The zero-order valence-corrected chi connectivity index (χ0v) is 10.3. The molecule has 1 aliphatic rings. The van der Waals surface area contributed by atoms with Crippen molar-refractivity contribution in [2.24, 2.45) is 5.92 Å². The minimum absolute atomic E-state index is 0.139. The number of carboxylic acid groups (broad SMARTS) is 1. The van der Waals surface area contributed by atoms with Crippen LogP contribution in [0.2, 0.25) is 0 Å². The molecule has 1 unspecified atom stereocenters. The lowest BCUT2D eigenvalue weighted by Crippen LogP contribution is -2.23. The summed E-state index contributed by atoms with van der Waals surface area (Å²) in [5.41, 5.74) is -0.363. The van der Waals surface area contributed by atoms with Crippen LogP contribution < -0.4 is 5.32 Å². The van der Waals surface area contributed by atoms with Gasteiger partial charge in [0.25, 0.3) is 0 Å². The Morgan fingerprint density at radius 1 is 1.44 bits per heavy atom. The van der Waals surface area contributed by atoms with Crippen molar-refractivity contribution >= 4 is 27.4 Å². The molecule has 2 rings (SSSR count). The third kappa shape index (κ3) is 1.97. The fraction of sp³-hybridized carbons (Fsp3) is 0.273. The van der Waals surface area contributed by atoms with Gasteiger partial charge in [0.05, 0.1) is 21.9 Å². The van der Waals surface area contributed by atoms with E-state index in [0.29, 0.717) is 0 Å². The van der Waals surface area contributed by atoms with Gasteiger partial charge in [-0.1, -0.05) is 13.0 Å². The highest BCUT2D eigenvalue weighted by Crippen LogP contribution is 2.30. The molecule has 2 N–H and O–H groups in total. The van der Waals surface area contributed by atoms with Crippen molar-refractivity contribution < 1.29 is 23.1 Å². The molecule has 0 aromatic heterocycles. The zero-order valence-electron chi connectivity index (χ0n) is 9.50. The van der Waals surface area contributed by atoms with Crippen molar-refractivity contribution in [1.29, 1.82) is 0 Å². The predicted molar refractivity (Wildman–Crippen MR) is 63.2 cm³/mol. The molecule has 7 heteroatoms. The lowest BCUT2D eigenvalue weighted by molar-refractivity contribution is -0.118. The van der Waals surface area contributed by atoms with Gasteiger partial charge in [-0.15, -0.1) is 0 Å². The molecule has 1 aromatic carbocycles. The number of fused-ring (bicyclic) bond motifs is 1. The molecule has 1 aliphatic heterocycles. The van der Waals surface area contributed by atoms with Gasteiger partial charge in [0.1, 0.15) is 0 Å². The monoisotopic (exact) mass is 269 g/mol. The number of anilines is 1. The zero-order chi connectivity index (χ0) is 13.5. The van der Waals surface area contributed by atoms with Gasteiger partial charge in [0, 0.05) is 5.92 Å². The Kier molecular flexibility index (Phi) is 2.86. The summed E-state index contributed by atoms with van der Waals surface area (Å²) in [7, 11) is -3.66. The lowest BCUT2D eigenvalue weighted by Gasteiger charge is -2.09. The topological polar surface area (TPSA) is 101 Å². The molecule has 0 aliphatic carbocycles. The van der Waals surface area contributed by atoms with Crippen LogP contribution in [0.3, 0.4) is 0 Å². The molecule has 1 atom stereocenters. The number of nitrogens with one attached hydrogen (secondary N) is 1. The van der Waals surface area contributed by atoms with E-state index < -0.39 is 27.6 Å². The Bertz CT molecular complexity index is 635. The van der Waals surface area contributed by atoms with E-state index in [1.54, 1.807) is 0 Å². The number of para-hydroxylation sites is 1. The number of benzene rings is 1. The highest BCUT2D eigenvalue weighted by molar-refractivity contribution is 7.91. The van der Waals surface area contributed by atoms with Crippen LogP contribution in [0.5, 0.6) is 0 Å². The molecule has 1 heterocycles. The first-order valence-corrected chi connectivity index (χ1v) is 6.88. The van der Waals surface area contributed by atoms with Gasteiger partial charge in [-0.05, 0) is 12.1 Å². The minimum Gasteiger partial charge on any atom is -0.478 e. The van der Waals surface area contributed by atoms with Crippen LogP contribution in [0.1, 0.15) is 17.3 Å². The van der Waals surface area contributed by atoms with Crippen LogP contribution in [-0.2, 0) is 14.6 Å². The number of carbonyl (C=O) groups is 2. The van der Waals surface area contributed by atoms with E-state index in [2.05, 4.69) is 5.32 Å². The summed E-state index contributed by atoms with van der Waals surface area (Å²) in [6.07, 6.45) is 0. The number of carboxylic acids is 1. The molecular weight excluding hydrogens is 258 g/mol. The second-order valence-electron chi connectivity index (χ2n) is 4.16. The van der Waals surface area contributed by atoms with Gasteiger partial charge in [0.2, 0.25) is 5.91 Å². The second kappa shape index (κ2) is 4.09. The summed E-state index contributed by atoms with van der Waals surface area (Å²) in [6, 6.07) is 3.91. The lowest BCUT2D eigenvalue weighted by atomic mass is 10.1. The van der Waals surface area contributed by atoms with E-state index in [-0.39, 0.29) is 21.9 Å². The molecule has 96 valence electrons. The van der Waals surface area contributed by atoms with E-state index in [1.807, 2.05) is 0 Å². The quantitative estimate of drug-likeness (QED) is 0.783. The Morgan fingerprint density at radius 3 is 2.72 bits per heavy atom. The maximum Gasteiger partial charge on any atom is 0.337 e. The highest BCUT2D eigenvalue weighted by Gasteiger charge is 2.32. The first-order valence-electron chi connectivity index (χ1n) is 5.23. The minimum atomic E-state index is -3.66. The van der Waals surface area contributed by atoms with Gasteiger partial charge < -0.3 is 10.4 Å². The van der Waals surface area contributed by atoms with Crippen LogP contribution in [-0.4, -0.2) is 31.2 Å². The first-order chi connectivity index (χ1) is 8.33. The van der Waals surface area contributed by atoms with Crippen LogP contribution >= 0.6 is 0 Å².